The van der Waals surface area contributed by atoms with Gasteiger partial charge in [0, 0.05) is 11.1 Å². The molecule has 5 aromatic rings. The number of anilines is 1. The van der Waals surface area contributed by atoms with Gasteiger partial charge in [0.25, 0.3) is 5.56 Å². The number of aryl methyl sites for hydroxylation is 1. The molecule has 4 aromatic carbocycles. The Bertz CT molecular complexity index is 1680. The molecule has 1 aromatic heterocycles. The number of benzene rings is 4. The minimum atomic E-state index is -0.585. The van der Waals surface area contributed by atoms with E-state index in [2.05, 4.69) is 10.3 Å². The van der Waals surface area contributed by atoms with Crippen LogP contribution in [0.15, 0.2) is 95.8 Å². The standard InChI is InChI=1S/C29H20ClN3O3/c1-17-31-23-11-5-2-8-19(23)29(35)33(17)18-14-15-22(30)24(16-18)32-28(34)27-20-9-3-6-12-25(20)36-26-13-7-4-10-21(26)27/h2-16,27H,1H3,(H,32,34). The van der Waals surface area contributed by atoms with Crippen LogP contribution >= 0.6 is 11.6 Å². The SMILES string of the molecule is Cc1nc2ccccc2c(=O)n1-c1ccc(Cl)c(NC(=O)C2c3ccccc3Oc3ccccc32)c1. The molecule has 176 valence electrons. The molecule has 36 heavy (non-hydrogen) atoms. The molecular formula is C29H20ClN3O3. The quantitative estimate of drug-likeness (QED) is 0.323. The molecule has 0 saturated heterocycles. The maximum Gasteiger partial charge on any atom is 0.265 e. The van der Waals surface area contributed by atoms with Crippen LogP contribution < -0.4 is 15.6 Å². The number of amides is 1. The van der Waals surface area contributed by atoms with Crippen LogP contribution in [0.1, 0.15) is 22.9 Å². The predicted molar refractivity (Wildman–Crippen MR) is 141 cm³/mol. The van der Waals surface area contributed by atoms with Crippen LogP contribution in [-0.4, -0.2) is 15.5 Å². The third kappa shape index (κ3) is 3.63. The highest BCUT2D eigenvalue weighted by molar-refractivity contribution is 6.33. The second-order valence-electron chi connectivity index (χ2n) is 8.58. The van der Waals surface area contributed by atoms with Gasteiger partial charge in [0.1, 0.15) is 17.3 Å². The van der Waals surface area contributed by atoms with Gasteiger partial charge in [-0.15, -0.1) is 0 Å². The molecule has 0 radical (unpaired) electrons. The van der Waals surface area contributed by atoms with Crippen LogP contribution in [0.5, 0.6) is 11.5 Å². The smallest absolute Gasteiger partial charge is 0.265 e. The molecule has 0 fully saturated rings. The molecule has 0 unspecified atom stereocenters. The Morgan fingerprint density at radius 2 is 1.56 bits per heavy atom. The van der Waals surface area contributed by atoms with E-state index in [0.29, 0.717) is 44.6 Å². The van der Waals surface area contributed by atoms with Crippen molar-refractivity contribution >= 4 is 34.1 Å². The van der Waals surface area contributed by atoms with E-state index in [1.54, 1.807) is 31.2 Å². The normalized spacial score (nSPS) is 12.5. The molecule has 0 atom stereocenters. The van der Waals surface area contributed by atoms with E-state index in [1.165, 1.54) is 4.57 Å². The third-order valence-corrected chi connectivity index (χ3v) is 6.68. The maximum atomic E-state index is 13.7. The molecular weight excluding hydrogens is 474 g/mol. The van der Waals surface area contributed by atoms with Crippen LogP contribution in [-0.2, 0) is 4.79 Å². The molecule has 7 heteroatoms. The molecule has 2 heterocycles. The Labute approximate surface area is 211 Å². The fraction of sp³-hybridized carbons (Fsp3) is 0.0690. The van der Waals surface area contributed by atoms with Gasteiger partial charge >= 0.3 is 0 Å². The Morgan fingerprint density at radius 3 is 2.28 bits per heavy atom. The first-order valence-corrected chi connectivity index (χ1v) is 11.8. The van der Waals surface area contributed by atoms with Crippen molar-refractivity contribution in [3.63, 3.8) is 0 Å². The van der Waals surface area contributed by atoms with Crippen LogP contribution in [0, 0.1) is 6.92 Å². The average molecular weight is 494 g/mol. The molecule has 0 spiro atoms. The van der Waals surface area contributed by atoms with Gasteiger partial charge in [-0.25, -0.2) is 4.98 Å². The molecule has 1 amide bonds. The molecule has 1 aliphatic heterocycles. The van der Waals surface area contributed by atoms with Crippen molar-refractivity contribution in [1.82, 2.24) is 9.55 Å². The number of nitrogens with one attached hydrogen (secondary N) is 1. The topological polar surface area (TPSA) is 73.2 Å². The summed E-state index contributed by atoms with van der Waals surface area (Å²) >= 11 is 6.50. The summed E-state index contributed by atoms with van der Waals surface area (Å²) in [7, 11) is 0. The molecule has 1 aliphatic rings. The molecule has 6 nitrogen and oxygen atoms in total. The number of rotatable bonds is 3. The first kappa shape index (κ1) is 22.1. The highest BCUT2D eigenvalue weighted by Crippen LogP contribution is 2.44. The molecule has 0 saturated carbocycles. The number of para-hydroxylation sites is 3. The number of carbonyl (C=O) groups is 1. The van der Waals surface area contributed by atoms with Crippen LogP contribution in [0.3, 0.4) is 0 Å². The summed E-state index contributed by atoms with van der Waals surface area (Å²) in [4.78, 5) is 31.6. The minimum absolute atomic E-state index is 0.190. The van der Waals surface area contributed by atoms with E-state index >= 15 is 0 Å². The van der Waals surface area contributed by atoms with Crippen LogP contribution in [0.2, 0.25) is 5.02 Å². The van der Waals surface area contributed by atoms with E-state index in [0.717, 1.165) is 11.1 Å². The zero-order valence-corrected chi connectivity index (χ0v) is 20.0. The van der Waals surface area contributed by atoms with Crippen molar-refractivity contribution < 1.29 is 9.53 Å². The van der Waals surface area contributed by atoms with Gasteiger partial charge in [-0.2, -0.15) is 0 Å². The lowest BCUT2D eigenvalue weighted by Gasteiger charge is -2.27. The van der Waals surface area contributed by atoms with E-state index < -0.39 is 5.92 Å². The summed E-state index contributed by atoms with van der Waals surface area (Å²) in [5.74, 6) is 0.974. The van der Waals surface area contributed by atoms with Crippen molar-refractivity contribution in [2.24, 2.45) is 0 Å². The number of hydrogen-bond donors (Lipinski definition) is 1. The van der Waals surface area contributed by atoms with Gasteiger partial charge in [-0.3, -0.25) is 14.2 Å². The third-order valence-electron chi connectivity index (χ3n) is 6.35. The summed E-state index contributed by atoms with van der Waals surface area (Å²) in [6.07, 6.45) is 0. The highest BCUT2D eigenvalue weighted by atomic mass is 35.5. The van der Waals surface area contributed by atoms with Crippen molar-refractivity contribution in [3.8, 4) is 17.2 Å². The fourth-order valence-corrected chi connectivity index (χ4v) is 4.86. The number of carbonyl (C=O) groups excluding carboxylic acids is 1. The largest absolute Gasteiger partial charge is 0.457 e. The Morgan fingerprint density at radius 1 is 0.917 bits per heavy atom. The number of halogens is 1. The summed E-state index contributed by atoms with van der Waals surface area (Å²) < 4.78 is 7.54. The number of ether oxygens (including phenoxy) is 1. The number of nitrogens with zero attached hydrogens (tertiary/aromatic N) is 2. The minimum Gasteiger partial charge on any atom is -0.457 e. The lowest BCUT2D eigenvalue weighted by molar-refractivity contribution is -0.116. The van der Waals surface area contributed by atoms with E-state index in [9.17, 15) is 9.59 Å². The second-order valence-corrected chi connectivity index (χ2v) is 8.99. The highest BCUT2D eigenvalue weighted by Gasteiger charge is 2.32. The number of aromatic nitrogens is 2. The van der Waals surface area contributed by atoms with Gasteiger partial charge in [0.05, 0.1) is 33.2 Å². The van der Waals surface area contributed by atoms with Crippen molar-refractivity contribution in [1.29, 1.82) is 0 Å². The van der Waals surface area contributed by atoms with Crippen LogP contribution in [0.4, 0.5) is 5.69 Å². The van der Waals surface area contributed by atoms with Gasteiger partial charge in [0.15, 0.2) is 0 Å². The lowest BCUT2D eigenvalue weighted by atomic mass is 9.87. The number of fused-ring (bicyclic) bond motifs is 3. The van der Waals surface area contributed by atoms with Crippen LogP contribution in [0.25, 0.3) is 16.6 Å². The Kier molecular flexibility index (Phi) is 5.31. The first-order chi connectivity index (χ1) is 17.5. The van der Waals surface area contributed by atoms with E-state index in [1.807, 2.05) is 66.7 Å². The molecule has 0 bridgehead atoms. The van der Waals surface area contributed by atoms with Crippen molar-refractivity contribution in [2.45, 2.75) is 12.8 Å². The monoisotopic (exact) mass is 493 g/mol. The van der Waals surface area contributed by atoms with Gasteiger partial charge in [0.2, 0.25) is 5.91 Å². The van der Waals surface area contributed by atoms with Crippen molar-refractivity contribution in [3.05, 3.63) is 123 Å². The van der Waals surface area contributed by atoms with Gasteiger partial charge in [-0.05, 0) is 49.4 Å². The average Bonchev–Trinajstić information content (AvgIpc) is 2.89. The van der Waals surface area contributed by atoms with E-state index in [-0.39, 0.29) is 11.5 Å². The summed E-state index contributed by atoms with van der Waals surface area (Å²) in [6.45, 7) is 1.77. The van der Waals surface area contributed by atoms with Gasteiger partial charge in [-0.1, -0.05) is 60.1 Å². The molecule has 0 aliphatic carbocycles. The Hall–Kier alpha value is -4.42. The zero-order chi connectivity index (χ0) is 24.8. The molecule has 1 N–H and O–H groups in total. The Balaban J connectivity index is 1.41. The summed E-state index contributed by atoms with van der Waals surface area (Å²) in [5.41, 5.74) is 2.95. The fourth-order valence-electron chi connectivity index (χ4n) is 4.69. The second kappa shape index (κ2) is 8.66. The first-order valence-electron chi connectivity index (χ1n) is 11.5. The van der Waals surface area contributed by atoms with Crippen molar-refractivity contribution in [2.75, 3.05) is 5.32 Å². The molecule has 6 rings (SSSR count). The number of hydrogen-bond acceptors (Lipinski definition) is 4. The van der Waals surface area contributed by atoms with E-state index in [4.69, 9.17) is 16.3 Å². The van der Waals surface area contributed by atoms with Gasteiger partial charge < -0.3 is 10.1 Å². The summed E-state index contributed by atoms with van der Waals surface area (Å²) in [5, 5.41) is 3.86. The predicted octanol–water partition coefficient (Wildman–Crippen LogP) is 6.22. The lowest BCUT2D eigenvalue weighted by Crippen LogP contribution is -2.25. The summed E-state index contributed by atoms with van der Waals surface area (Å²) in [6, 6.07) is 27.3. The zero-order valence-electron chi connectivity index (χ0n) is 19.2. The maximum absolute atomic E-state index is 13.7.